The summed E-state index contributed by atoms with van der Waals surface area (Å²) < 4.78 is 60.0. The summed E-state index contributed by atoms with van der Waals surface area (Å²) in [4.78, 5) is 11.2. The molecule has 0 radical (unpaired) electrons. The first-order chi connectivity index (χ1) is 9.13. The van der Waals surface area contributed by atoms with Crippen LogP contribution >= 0.6 is 0 Å². The third kappa shape index (κ3) is 1.21. The van der Waals surface area contributed by atoms with Crippen molar-refractivity contribution in [3.05, 3.63) is 0 Å². The van der Waals surface area contributed by atoms with Gasteiger partial charge in [-0.05, 0) is 48.9 Å². The van der Waals surface area contributed by atoms with E-state index in [-0.39, 0.29) is 17.4 Å². The fraction of sp³-hybridized carbons (Fsp3) is 0.917. The zero-order chi connectivity index (χ0) is 14.6. The summed E-state index contributed by atoms with van der Waals surface area (Å²) in [5.41, 5.74) is -0.0332. The molecule has 0 aromatic carbocycles. The van der Waals surface area contributed by atoms with E-state index in [1.807, 2.05) is 0 Å². The molecule has 0 aliphatic heterocycles. The van der Waals surface area contributed by atoms with E-state index in [2.05, 4.69) is 4.74 Å². The van der Waals surface area contributed by atoms with Crippen LogP contribution in [-0.2, 0) is 19.6 Å². The summed E-state index contributed by atoms with van der Waals surface area (Å²) in [7, 11) is -5.78. The smallest absolute Gasteiger partial charge is 0.460 e. The normalized spacial score (nSPS) is 47.6. The monoisotopic (exact) mass is 308 g/mol. The van der Waals surface area contributed by atoms with Gasteiger partial charge in [-0.3, -0.25) is 4.55 Å². The van der Waals surface area contributed by atoms with Crippen molar-refractivity contribution < 1.29 is 31.3 Å². The number of hydrogen-bond acceptors (Lipinski definition) is 4. The van der Waals surface area contributed by atoms with Crippen LogP contribution < -0.4 is 0 Å². The number of halogens is 2. The molecule has 8 heteroatoms. The van der Waals surface area contributed by atoms with Crippen LogP contribution in [0.5, 0.6) is 0 Å². The molecule has 112 valence electrons. The number of alkyl halides is 2. The third-order valence-electron chi connectivity index (χ3n) is 6.16. The van der Waals surface area contributed by atoms with Crippen molar-refractivity contribution >= 4 is 16.1 Å². The average molecular weight is 308 g/mol. The van der Waals surface area contributed by atoms with Gasteiger partial charge in [0.25, 0.3) is 0 Å². The van der Waals surface area contributed by atoms with Crippen molar-refractivity contribution in [2.75, 3.05) is 6.61 Å². The van der Waals surface area contributed by atoms with Crippen molar-refractivity contribution in [1.29, 1.82) is 0 Å². The minimum absolute atomic E-state index is 0.156. The highest BCUT2D eigenvalue weighted by Gasteiger charge is 2.85. The van der Waals surface area contributed by atoms with E-state index >= 15 is 0 Å². The fourth-order valence-corrected chi connectivity index (χ4v) is 5.65. The highest BCUT2D eigenvalue weighted by Crippen LogP contribution is 2.91. The molecule has 0 saturated heterocycles. The summed E-state index contributed by atoms with van der Waals surface area (Å²) in [6, 6.07) is 0. The predicted molar refractivity (Wildman–Crippen MR) is 61.3 cm³/mol. The maximum Gasteiger partial charge on any atom is 0.465 e. The lowest BCUT2D eigenvalue weighted by molar-refractivity contribution is -0.164. The van der Waals surface area contributed by atoms with Crippen molar-refractivity contribution in [2.24, 2.45) is 28.6 Å². The van der Waals surface area contributed by atoms with Gasteiger partial charge in [0.2, 0.25) is 0 Å². The first-order valence-electron chi connectivity index (χ1n) is 6.65. The molecule has 1 N–H and O–H groups in total. The lowest BCUT2D eigenvalue weighted by Crippen LogP contribution is -2.50. The van der Waals surface area contributed by atoms with Crippen molar-refractivity contribution in [1.82, 2.24) is 0 Å². The van der Waals surface area contributed by atoms with E-state index in [0.717, 1.165) is 25.2 Å². The molecular weight excluding hydrogens is 294 g/mol. The van der Waals surface area contributed by atoms with Gasteiger partial charge in [-0.25, -0.2) is 4.79 Å². The number of ether oxygens (including phenoxy) is 1. The highest BCUT2D eigenvalue weighted by atomic mass is 32.2. The zero-order valence-electron chi connectivity index (χ0n) is 10.5. The van der Waals surface area contributed by atoms with Gasteiger partial charge in [0, 0.05) is 5.41 Å². The van der Waals surface area contributed by atoms with E-state index in [0.29, 0.717) is 11.8 Å². The van der Waals surface area contributed by atoms with Crippen LogP contribution in [0, 0.1) is 28.6 Å². The Morgan fingerprint density at radius 2 is 2.00 bits per heavy atom. The van der Waals surface area contributed by atoms with Crippen molar-refractivity contribution in [2.45, 2.75) is 30.9 Å². The lowest BCUT2D eigenvalue weighted by Gasteiger charge is -2.56. The maximum absolute atomic E-state index is 13.1. The molecule has 0 amide bonds. The molecule has 0 heterocycles. The number of esters is 1. The third-order valence-corrected chi connectivity index (χ3v) is 6.98. The molecule has 4 aliphatic carbocycles. The van der Waals surface area contributed by atoms with Crippen LogP contribution in [-0.4, -0.2) is 30.8 Å². The van der Waals surface area contributed by atoms with Crippen LogP contribution in [0.2, 0.25) is 0 Å². The van der Waals surface area contributed by atoms with Crippen molar-refractivity contribution in [3.8, 4) is 0 Å². The fourth-order valence-electron chi connectivity index (χ4n) is 5.38. The van der Waals surface area contributed by atoms with E-state index in [9.17, 15) is 22.0 Å². The summed E-state index contributed by atoms with van der Waals surface area (Å²) >= 11 is 0. The molecule has 0 aromatic heterocycles. The quantitative estimate of drug-likeness (QED) is 0.628. The van der Waals surface area contributed by atoms with Crippen molar-refractivity contribution in [3.63, 3.8) is 0 Å². The van der Waals surface area contributed by atoms with Gasteiger partial charge in [0.05, 0.1) is 6.61 Å². The second-order valence-corrected chi connectivity index (χ2v) is 8.33. The Hall–Kier alpha value is -0.760. The summed E-state index contributed by atoms with van der Waals surface area (Å²) in [5.74, 6) is -0.113. The molecule has 4 rings (SSSR count). The van der Waals surface area contributed by atoms with E-state index in [1.54, 1.807) is 0 Å². The second-order valence-electron chi connectivity index (χ2n) is 6.87. The lowest BCUT2D eigenvalue weighted by atomic mass is 9.48. The van der Waals surface area contributed by atoms with Gasteiger partial charge in [-0.1, -0.05) is 0 Å². The Labute approximate surface area is 114 Å². The van der Waals surface area contributed by atoms with E-state index in [1.165, 1.54) is 6.42 Å². The minimum atomic E-state index is -5.78. The molecule has 4 fully saturated rings. The van der Waals surface area contributed by atoms with Gasteiger partial charge < -0.3 is 4.74 Å². The van der Waals surface area contributed by atoms with Crippen LogP contribution in [0.4, 0.5) is 8.78 Å². The summed E-state index contributed by atoms with van der Waals surface area (Å²) in [5, 5.41) is -4.88. The molecule has 0 bridgehead atoms. The Bertz CT molecular complexity index is 617. The topological polar surface area (TPSA) is 80.7 Å². The second kappa shape index (κ2) is 3.19. The molecule has 0 aromatic rings. The first kappa shape index (κ1) is 12.9. The zero-order valence-corrected chi connectivity index (χ0v) is 11.3. The van der Waals surface area contributed by atoms with Gasteiger partial charge in [0.1, 0.15) is 0 Å². The average Bonchev–Trinajstić information content (AvgIpc) is 2.89. The van der Waals surface area contributed by atoms with Crippen LogP contribution in [0.1, 0.15) is 25.7 Å². The molecule has 5 nitrogen and oxygen atoms in total. The molecule has 5 atom stereocenters. The Balaban J connectivity index is 1.44. The molecule has 4 aliphatic rings. The van der Waals surface area contributed by atoms with E-state index < -0.39 is 21.3 Å². The van der Waals surface area contributed by atoms with Gasteiger partial charge in [-0.15, -0.1) is 0 Å². The SMILES string of the molecule is O=C(OCC12CC3CC4CC1(C2)C34)C(F)(F)S(=O)(=O)O. The van der Waals surface area contributed by atoms with Gasteiger partial charge in [-0.2, -0.15) is 17.2 Å². The first-order valence-corrected chi connectivity index (χ1v) is 8.09. The molecule has 4 saturated carbocycles. The number of rotatable bonds is 4. The van der Waals surface area contributed by atoms with Gasteiger partial charge >= 0.3 is 21.3 Å². The minimum Gasteiger partial charge on any atom is -0.460 e. The number of carbonyl (C=O) groups is 1. The molecule has 5 unspecified atom stereocenters. The van der Waals surface area contributed by atoms with E-state index in [4.69, 9.17) is 4.55 Å². The predicted octanol–water partition coefficient (Wildman–Crippen LogP) is 1.45. The Kier molecular flexibility index (Phi) is 2.06. The largest absolute Gasteiger partial charge is 0.465 e. The molecular formula is C12H14F2O5S. The highest BCUT2D eigenvalue weighted by molar-refractivity contribution is 7.87. The Morgan fingerprint density at radius 1 is 1.35 bits per heavy atom. The summed E-state index contributed by atoms with van der Waals surface area (Å²) in [6.45, 7) is -0.156. The Morgan fingerprint density at radius 3 is 2.55 bits per heavy atom. The van der Waals surface area contributed by atoms with Crippen LogP contribution in [0.3, 0.4) is 0 Å². The number of hydrogen-bond donors (Lipinski definition) is 1. The number of carbonyl (C=O) groups excluding carboxylic acids is 1. The van der Waals surface area contributed by atoms with Gasteiger partial charge in [0.15, 0.2) is 0 Å². The van der Waals surface area contributed by atoms with Crippen LogP contribution in [0.25, 0.3) is 0 Å². The molecule has 20 heavy (non-hydrogen) atoms. The maximum atomic E-state index is 13.1. The molecule has 1 spiro atoms. The van der Waals surface area contributed by atoms with Crippen LogP contribution in [0.15, 0.2) is 0 Å². The summed E-state index contributed by atoms with van der Waals surface area (Å²) in [6.07, 6.45) is 4.05. The standard InChI is InChI=1S/C12H14F2O5S/c13-12(14,20(16,17)18)9(15)19-5-10-2-6-1-7-3-11(10,4-10)8(6)7/h6-8H,1-5H2,(H,16,17,18).